The first-order valence-corrected chi connectivity index (χ1v) is 6.96. The molecule has 104 valence electrons. The molecule has 3 heteroatoms. The molecule has 2 aromatic rings. The van der Waals surface area contributed by atoms with E-state index in [0.29, 0.717) is 24.6 Å². The van der Waals surface area contributed by atoms with Gasteiger partial charge in [0.1, 0.15) is 0 Å². The van der Waals surface area contributed by atoms with Crippen LogP contribution in [0.1, 0.15) is 29.3 Å². The van der Waals surface area contributed by atoms with E-state index >= 15 is 0 Å². The lowest BCUT2D eigenvalue weighted by Gasteiger charge is -2.13. The van der Waals surface area contributed by atoms with E-state index in [1.165, 1.54) is 5.56 Å². The Hall–Kier alpha value is -2.00. The van der Waals surface area contributed by atoms with Crippen molar-refractivity contribution in [3.63, 3.8) is 0 Å². The minimum absolute atomic E-state index is 0.137. The number of pyridine rings is 1. The zero-order valence-electron chi connectivity index (χ0n) is 11.8. The molecule has 0 bridgehead atoms. The van der Waals surface area contributed by atoms with E-state index < -0.39 is 0 Å². The summed E-state index contributed by atoms with van der Waals surface area (Å²) in [6.07, 6.45) is 4.78. The first-order chi connectivity index (χ1) is 9.75. The highest BCUT2D eigenvalue weighted by Gasteiger charge is 2.07. The summed E-state index contributed by atoms with van der Waals surface area (Å²) in [5.41, 5.74) is 2.00. The lowest BCUT2D eigenvalue weighted by atomic mass is 10.1. The molecule has 1 atom stereocenters. The molecule has 0 fully saturated rings. The van der Waals surface area contributed by atoms with Gasteiger partial charge in [-0.25, -0.2) is 0 Å². The summed E-state index contributed by atoms with van der Waals surface area (Å²) in [6.45, 7) is 2.84. The van der Waals surface area contributed by atoms with Crippen molar-refractivity contribution in [3.05, 3.63) is 66.0 Å². The number of aromatic nitrogens is 1. The second-order valence-electron chi connectivity index (χ2n) is 4.96. The van der Waals surface area contributed by atoms with Gasteiger partial charge in [0.25, 0.3) is 0 Å². The van der Waals surface area contributed by atoms with Gasteiger partial charge in [0, 0.05) is 37.0 Å². The van der Waals surface area contributed by atoms with Crippen molar-refractivity contribution in [2.75, 3.05) is 6.54 Å². The first-order valence-electron chi connectivity index (χ1n) is 6.96. The van der Waals surface area contributed by atoms with Crippen LogP contribution < -0.4 is 5.32 Å². The van der Waals surface area contributed by atoms with Crippen LogP contribution in [0.3, 0.4) is 0 Å². The number of carbonyl (C=O) groups is 1. The van der Waals surface area contributed by atoms with Crippen molar-refractivity contribution in [3.8, 4) is 0 Å². The molecule has 1 heterocycles. The van der Waals surface area contributed by atoms with Gasteiger partial charge in [0.15, 0.2) is 5.78 Å². The standard InChI is InChI=1S/C17H20N2O/c1-14(12-15-6-3-2-4-7-15)19-11-9-17(20)16-8-5-10-18-13-16/h2-8,10,13-14,19H,9,11-12H2,1H3. The Morgan fingerprint density at radius 2 is 2.00 bits per heavy atom. The van der Waals surface area contributed by atoms with Crippen molar-refractivity contribution in [1.29, 1.82) is 0 Å². The predicted octanol–water partition coefficient (Wildman–Crippen LogP) is 2.88. The number of ketones is 1. The van der Waals surface area contributed by atoms with Crippen LogP contribution in [0.4, 0.5) is 0 Å². The molecule has 0 saturated heterocycles. The minimum Gasteiger partial charge on any atom is -0.313 e. The number of hydrogen-bond acceptors (Lipinski definition) is 3. The van der Waals surface area contributed by atoms with Gasteiger partial charge in [-0.1, -0.05) is 30.3 Å². The van der Waals surface area contributed by atoms with Crippen molar-refractivity contribution in [2.24, 2.45) is 0 Å². The van der Waals surface area contributed by atoms with Crippen LogP contribution in [-0.2, 0) is 6.42 Å². The molecule has 0 amide bonds. The van der Waals surface area contributed by atoms with E-state index in [4.69, 9.17) is 0 Å². The predicted molar refractivity (Wildman–Crippen MR) is 80.8 cm³/mol. The van der Waals surface area contributed by atoms with Crippen LogP contribution in [0, 0.1) is 0 Å². The quantitative estimate of drug-likeness (QED) is 0.785. The van der Waals surface area contributed by atoms with Crippen molar-refractivity contribution in [1.82, 2.24) is 10.3 Å². The third-order valence-electron chi connectivity index (χ3n) is 3.21. The number of benzene rings is 1. The van der Waals surface area contributed by atoms with Crippen LogP contribution in [0.5, 0.6) is 0 Å². The number of hydrogen-bond donors (Lipinski definition) is 1. The van der Waals surface area contributed by atoms with Gasteiger partial charge in [-0.05, 0) is 31.0 Å². The monoisotopic (exact) mass is 268 g/mol. The van der Waals surface area contributed by atoms with E-state index in [1.807, 2.05) is 24.3 Å². The van der Waals surface area contributed by atoms with E-state index in [2.05, 4.69) is 29.4 Å². The fourth-order valence-corrected chi connectivity index (χ4v) is 2.14. The zero-order valence-corrected chi connectivity index (χ0v) is 11.8. The maximum atomic E-state index is 11.9. The van der Waals surface area contributed by atoms with Crippen LogP contribution in [0.15, 0.2) is 54.9 Å². The summed E-state index contributed by atoms with van der Waals surface area (Å²) >= 11 is 0. The largest absolute Gasteiger partial charge is 0.313 e. The number of rotatable bonds is 7. The Kier molecular flexibility index (Phi) is 5.44. The highest BCUT2D eigenvalue weighted by molar-refractivity contribution is 5.95. The van der Waals surface area contributed by atoms with Crippen molar-refractivity contribution < 1.29 is 4.79 Å². The topological polar surface area (TPSA) is 42.0 Å². The zero-order chi connectivity index (χ0) is 14.2. The van der Waals surface area contributed by atoms with Gasteiger partial charge in [0.2, 0.25) is 0 Å². The molecule has 1 unspecified atom stereocenters. The summed E-state index contributed by atoms with van der Waals surface area (Å²) in [5, 5.41) is 3.39. The van der Waals surface area contributed by atoms with Crippen LogP contribution in [0.25, 0.3) is 0 Å². The molecule has 2 rings (SSSR count). The van der Waals surface area contributed by atoms with Crippen molar-refractivity contribution in [2.45, 2.75) is 25.8 Å². The number of nitrogens with zero attached hydrogens (tertiary/aromatic N) is 1. The molecule has 3 nitrogen and oxygen atoms in total. The molecule has 1 aromatic heterocycles. The third-order valence-corrected chi connectivity index (χ3v) is 3.21. The number of carbonyl (C=O) groups excluding carboxylic acids is 1. The fourth-order valence-electron chi connectivity index (χ4n) is 2.14. The molecule has 0 spiro atoms. The molecule has 0 aliphatic heterocycles. The van der Waals surface area contributed by atoms with Gasteiger partial charge in [0.05, 0.1) is 0 Å². The minimum atomic E-state index is 0.137. The molecule has 1 N–H and O–H groups in total. The molecule has 0 radical (unpaired) electrons. The second-order valence-corrected chi connectivity index (χ2v) is 4.96. The smallest absolute Gasteiger partial charge is 0.165 e. The van der Waals surface area contributed by atoms with E-state index in [9.17, 15) is 4.79 Å². The third kappa shape index (κ3) is 4.59. The Bertz CT molecular complexity index is 525. The number of Topliss-reactive ketones (excluding diaryl/α,β-unsaturated/α-hetero) is 1. The summed E-state index contributed by atoms with van der Waals surface area (Å²) in [4.78, 5) is 15.9. The molecule has 0 saturated carbocycles. The fraction of sp³-hybridized carbons (Fsp3) is 0.294. The summed E-state index contributed by atoms with van der Waals surface area (Å²) < 4.78 is 0. The molecule has 0 aliphatic carbocycles. The van der Waals surface area contributed by atoms with Crippen LogP contribution in [-0.4, -0.2) is 23.4 Å². The Labute approximate surface area is 120 Å². The van der Waals surface area contributed by atoms with Gasteiger partial charge in [-0.2, -0.15) is 0 Å². The lowest BCUT2D eigenvalue weighted by Crippen LogP contribution is -2.30. The Morgan fingerprint density at radius 1 is 1.20 bits per heavy atom. The van der Waals surface area contributed by atoms with E-state index in [-0.39, 0.29) is 5.78 Å². The van der Waals surface area contributed by atoms with Crippen LogP contribution >= 0.6 is 0 Å². The highest BCUT2D eigenvalue weighted by atomic mass is 16.1. The molecular formula is C17H20N2O. The first kappa shape index (κ1) is 14.4. The normalized spacial score (nSPS) is 12.1. The maximum absolute atomic E-state index is 11.9. The highest BCUT2D eigenvalue weighted by Crippen LogP contribution is 2.04. The van der Waals surface area contributed by atoms with Gasteiger partial charge in [-0.15, -0.1) is 0 Å². The second kappa shape index (κ2) is 7.56. The number of nitrogens with one attached hydrogen (secondary N) is 1. The molecule has 0 aliphatic rings. The van der Waals surface area contributed by atoms with Gasteiger partial charge in [-0.3, -0.25) is 9.78 Å². The van der Waals surface area contributed by atoms with E-state index in [1.54, 1.807) is 18.5 Å². The Morgan fingerprint density at radius 3 is 2.70 bits per heavy atom. The molecule has 1 aromatic carbocycles. The average molecular weight is 268 g/mol. The lowest BCUT2D eigenvalue weighted by molar-refractivity contribution is 0.0981. The van der Waals surface area contributed by atoms with Crippen LogP contribution in [0.2, 0.25) is 0 Å². The average Bonchev–Trinajstić information content (AvgIpc) is 2.49. The van der Waals surface area contributed by atoms with Gasteiger partial charge >= 0.3 is 0 Å². The van der Waals surface area contributed by atoms with Gasteiger partial charge < -0.3 is 5.32 Å². The summed E-state index contributed by atoms with van der Waals surface area (Å²) in [5.74, 6) is 0.137. The summed E-state index contributed by atoms with van der Waals surface area (Å²) in [7, 11) is 0. The maximum Gasteiger partial charge on any atom is 0.165 e. The summed E-state index contributed by atoms with van der Waals surface area (Å²) in [6, 6.07) is 14.3. The van der Waals surface area contributed by atoms with Crippen molar-refractivity contribution >= 4 is 5.78 Å². The SMILES string of the molecule is CC(Cc1ccccc1)NCCC(=O)c1cccnc1. The van der Waals surface area contributed by atoms with E-state index in [0.717, 1.165) is 6.42 Å². The Balaban J connectivity index is 1.72. The molecule has 20 heavy (non-hydrogen) atoms. The molecular weight excluding hydrogens is 248 g/mol.